The van der Waals surface area contributed by atoms with Crippen molar-refractivity contribution in [3.63, 3.8) is 0 Å². The van der Waals surface area contributed by atoms with Crippen LogP contribution >= 0.6 is 0 Å². The summed E-state index contributed by atoms with van der Waals surface area (Å²) in [6.07, 6.45) is 3.92. The van der Waals surface area contributed by atoms with Crippen molar-refractivity contribution in [1.82, 2.24) is 9.21 Å². The summed E-state index contributed by atoms with van der Waals surface area (Å²) in [7, 11) is -3.18. The molecule has 3 heterocycles. The summed E-state index contributed by atoms with van der Waals surface area (Å²) in [5.74, 6) is -0.121. The largest absolute Gasteiger partial charge is 0.483 e. The molecule has 3 fully saturated rings. The molecule has 184 valence electrons. The quantitative estimate of drug-likeness (QED) is 0.499. The lowest BCUT2D eigenvalue weighted by molar-refractivity contribution is -0.150. The molecule has 1 aromatic carbocycles. The minimum absolute atomic E-state index is 0.0441. The van der Waals surface area contributed by atoms with Crippen molar-refractivity contribution in [1.29, 1.82) is 0 Å². The van der Waals surface area contributed by atoms with E-state index in [4.69, 9.17) is 14.6 Å². The van der Waals surface area contributed by atoms with Crippen LogP contribution in [0.2, 0.25) is 0 Å². The fraction of sp³-hybridized carbons (Fsp3) is 0.652. The number of hydrogen-bond acceptors (Lipinski definition) is 7. The summed E-state index contributed by atoms with van der Waals surface area (Å²) in [6.45, 7) is 7.69. The van der Waals surface area contributed by atoms with Crippen LogP contribution in [-0.4, -0.2) is 93.3 Å². The second kappa shape index (κ2) is 10.8. The van der Waals surface area contributed by atoms with Crippen LogP contribution in [0, 0.1) is 12.3 Å². The lowest BCUT2D eigenvalue weighted by Crippen LogP contribution is -2.47. The topological polar surface area (TPSA) is 107 Å². The number of hydrogen-bond donors (Lipinski definition) is 1. The molecule has 9 nitrogen and oxygen atoms in total. The summed E-state index contributed by atoms with van der Waals surface area (Å²) >= 11 is 0. The third-order valence-corrected chi connectivity index (χ3v) is 8.32. The number of benzene rings is 1. The summed E-state index contributed by atoms with van der Waals surface area (Å²) in [6, 6.07) is 8.70. The Morgan fingerprint density at radius 2 is 1.67 bits per heavy atom. The molecular formula is C23H35N3O6S. The number of ether oxygens (including phenoxy) is 1. The first-order chi connectivity index (χ1) is 15.7. The number of cyclic esters (lactones) is 1. The summed E-state index contributed by atoms with van der Waals surface area (Å²) in [5, 5.41) is 6.89. The molecule has 0 aromatic heterocycles. The van der Waals surface area contributed by atoms with Crippen LogP contribution < -0.4 is 4.90 Å². The molecule has 0 amide bonds. The number of carboxylic acid groups (broad SMARTS) is 1. The van der Waals surface area contributed by atoms with Gasteiger partial charge in [-0.1, -0.05) is 17.7 Å². The fourth-order valence-corrected chi connectivity index (χ4v) is 5.81. The van der Waals surface area contributed by atoms with Crippen molar-refractivity contribution in [2.45, 2.75) is 38.7 Å². The maximum absolute atomic E-state index is 12.6. The van der Waals surface area contributed by atoms with Gasteiger partial charge in [-0.05, 0) is 38.3 Å². The van der Waals surface area contributed by atoms with Gasteiger partial charge in [-0.15, -0.1) is 0 Å². The van der Waals surface area contributed by atoms with E-state index < -0.39 is 15.4 Å². The molecule has 3 aliphatic rings. The third kappa shape index (κ3) is 6.45. The van der Waals surface area contributed by atoms with Gasteiger partial charge < -0.3 is 14.7 Å². The number of sulfonamides is 1. The van der Waals surface area contributed by atoms with E-state index in [9.17, 15) is 13.2 Å². The Bertz CT molecular complexity index is 905. The molecule has 10 heteroatoms. The molecule has 1 spiro atoms. The summed E-state index contributed by atoms with van der Waals surface area (Å²) in [4.78, 5) is 25.8. The number of anilines is 1. The van der Waals surface area contributed by atoms with Gasteiger partial charge in [-0.2, -0.15) is 0 Å². The van der Waals surface area contributed by atoms with Crippen LogP contribution in [0.5, 0.6) is 0 Å². The molecule has 4 rings (SSSR count). The van der Waals surface area contributed by atoms with E-state index in [-0.39, 0.29) is 18.5 Å². The molecule has 0 unspecified atom stereocenters. The zero-order valence-corrected chi connectivity index (χ0v) is 20.3. The predicted octanol–water partition coefficient (Wildman–Crippen LogP) is 1.57. The number of carbonyl (C=O) groups is 2. The number of aryl methyl sites for hydroxylation is 1. The van der Waals surface area contributed by atoms with Crippen molar-refractivity contribution in [3.8, 4) is 0 Å². The normalized spacial score (nSPS) is 23.6. The van der Waals surface area contributed by atoms with E-state index in [1.807, 2.05) is 0 Å². The highest BCUT2D eigenvalue weighted by Crippen LogP contribution is 2.44. The number of esters is 1. The Morgan fingerprint density at radius 1 is 1.09 bits per heavy atom. The highest BCUT2D eigenvalue weighted by molar-refractivity contribution is 7.88. The standard InChI is InChI=1S/C22H33N3O4S.CH2O2/c1-18-3-5-19(6-4-18)24-15-13-23(14-16-24)10-7-20-17-22(21(26)29-20)8-11-25(12-9-22)30(2,27)28;2-1-3/h3-6,20H,7-17H2,1-2H3;1H,(H,2,3)/t20-;/m1./s1. The summed E-state index contributed by atoms with van der Waals surface area (Å²) in [5.41, 5.74) is 2.09. The van der Waals surface area contributed by atoms with E-state index in [0.717, 1.165) is 45.6 Å². The zero-order valence-electron chi connectivity index (χ0n) is 19.5. The van der Waals surface area contributed by atoms with Crippen molar-refractivity contribution in [3.05, 3.63) is 29.8 Å². The molecule has 1 atom stereocenters. The first kappa shape index (κ1) is 25.5. The van der Waals surface area contributed by atoms with Crippen LogP contribution in [-0.2, 0) is 24.3 Å². The highest BCUT2D eigenvalue weighted by Gasteiger charge is 2.51. The predicted molar refractivity (Wildman–Crippen MR) is 126 cm³/mol. The number of piperazine rings is 1. The van der Waals surface area contributed by atoms with E-state index in [2.05, 4.69) is 41.0 Å². The Labute approximate surface area is 196 Å². The van der Waals surface area contributed by atoms with Gasteiger partial charge in [0.15, 0.2) is 0 Å². The van der Waals surface area contributed by atoms with Crippen molar-refractivity contribution in [2.24, 2.45) is 5.41 Å². The molecule has 3 aliphatic heterocycles. The van der Waals surface area contributed by atoms with E-state index in [0.29, 0.717) is 25.9 Å². The molecule has 1 aromatic rings. The Hall–Kier alpha value is -2.17. The number of carbonyl (C=O) groups excluding carboxylic acids is 1. The molecule has 0 radical (unpaired) electrons. The molecule has 1 N–H and O–H groups in total. The van der Waals surface area contributed by atoms with Gasteiger partial charge in [0, 0.05) is 57.9 Å². The van der Waals surface area contributed by atoms with Crippen molar-refractivity contribution in [2.75, 3.05) is 57.0 Å². The number of rotatable bonds is 5. The first-order valence-electron chi connectivity index (χ1n) is 11.4. The van der Waals surface area contributed by atoms with Gasteiger partial charge in [0.05, 0.1) is 11.7 Å². The first-order valence-corrected chi connectivity index (χ1v) is 13.3. The molecule has 0 saturated carbocycles. The SMILES string of the molecule is Cc1ccc(N2CCN(CC[C@@H]3CC4(CCN(S(C)(=O)=O)CC4)C(=O)O3)CC2)cc1.O=CO. The Kier molecular flexibility index (Phi) is 8.36. The summed E-state index contributed by atoms with van der Waals surface area (Å²) < 4.78 is 30.7. The van der Waals surface area contributed by atoms with Gasteiger partial charge in [-0.3, -0.25) is 14.5 Å². The molecule has 3 saturated heterocycles. The van der Waals surface area contributed by atoms with E-state index in [1.165, 1.54) is 21.8 Å². The molecule has 0 aliphatic carbocycles. The Balaban J connectivity index is 0.000000968. The van der Waals surface area contributed by atoms with Gasteiger partial charge in [0.25, 0.3) is 6.47 Å². The smallest absolute Gasteiger partial charge is 0.312 e. The van der Waals surface area contributed by atoms with Crippen LogP contribution in [0.25, 0.3) is 0 Å². The van der Waals surface area contributed by atoms with Gasteiger partial charge in [-0.25, -0.2) is 12.7 Å². The highest BCUT2D eigenvalue weighted by atomic mass is 32.2. The van der Waals surface area contributed by atoms with Gasteiger partial charge >= 0.3 is 5.97 Å². The van der Waals surface area contributed by atoms with Gasteiger partial charge in [0.1, 0.15) is 6.10 Å². The fourth-order valence-electron chi connectivity index (χ4n) is 4.96. The maximum Gasteiger partial charge on any atom is 0.312 e. The van der Waals surface area contributed by atoms with E-state index in [1.54, 1.807) is 0 Å². The van der Waals surface area contributed by atoms with Crippen LogP contribution in [0.1, 0.15) is 31.2 Å². The van der Waals surface area contributed by atoms with Crippen LogP contribution in [0.15, 0.2) is 24.3 Å². The van der Waals surface area contributed by atoms with Gasteiger partial charge in [0.2, 0.25) is 10.0 Å². The maximum atomic E-state index is 12.6. The lowest BCUT2D eigenvalue weighted by Gasteiger charge is -2.36. The van der Waals surface area contributed by atoms with Crippen LogP contribution in [0.4, 0.5) is 5.69 Å². The molecule has 33 heavy (non-hydrogen) atoms. The second-order valence-electron chi connectivity index (χ2n) is 9.23. The Morgan fingerprint density at radius 3 is 2.21 bits per heavy atom. The average Bonchev–Trinajstić information content (AvgIpc) is 3.08. The third-order valence-electron chi connectivity index (χ3n) is 7.01. The average molecular weight is 482 g/mol. The number of nitrogens with zero attached hydrogens (tertiary/aromatic N) is 3. The van der Waals surface area contributed by atoms with E-state index >= 15 is 0 Å². The minimum Gasteiger partial charge on any atom is -0.483 e. The minimum atomic E-state index is -3.18. The molecular weight excluding hydrogens is 446 g/mol. The monoisotopic (exact) mass is 481 g/mol. The lowest BCUT2D eigenvalue weighted by atomic mass is 9.76. The second-order valence-corrected chi connectivity index (χ2v) is 11.2. The zero-order chi connectivity index (χ0) is 24.1. The van der Waals surface area contributed by atoms with Crippen molar-refractivity contribution < 1.29 is 27.9 Å². The molecule has 0 bridgehead atoms. The number of piperidine rings is 1. The van der Waals surface area contributed by atoms with Crippen LogP contribution in [0.3, 0.4) is 0 Å². The van der Waals surface area contributed by atoms with Crippen molar-refractivity contribution >= 4 is 28.2 Å².